The van der Waals surface area contributed by atoms with Crippen molar-refractivity contribution in [3.63, 3.8) is 0 Å². The van der Waals surface area contributed by atoms with Crippen molar-refractivity contribution in [3.05, 3.63) is 17.8 Å². The number of hydrogen-bond donors (Lipinski definition) is 3. The number of carbonyl (C=O) groups excluding carboxylic acids is 1. The Kier molecular flexibility index (Phi) is 4.93. The number of anilines is 1. The number of methoxy groups -OCH3 is 1. The van der Waals surface area contributed by atoms with E-state index in [1.807, 2.05) is 18.7 Å². The highest BCUT2D eigenvalue weighted by Crippen LogP contribution is 2.34. The molecule has 0 spiro atoms. The van der Waals surface area contributed by atoms with Gasteiger partial charge in [-0.2, -0.15) is 0 Å². The summed E-state index contributed by atoms with van der Waals surface area (Å²) in [6.45, 7) is 5.01. The summed E-state index contributed by atoms with van der Waals surface area (Å²) in [6, 6.07) is 1.87. The molecule has 3 N–H and O–H groups in total. The molecule has 0 aromatic carbocycles. The van der Waals surface area contributed by atoms with Gasteiger partial charge in [-0.15, -0.1) is 0 Å². The maximum absolute atomic E-state index is 12.8. The molecule has 1 saturated carbocycles. The van der Waals surface area contributed by atoms with Crippen LogP contribution < -0.4 is 20.3 Å². The Morgan fingerprint density at radius 1 is 1.46 bits per heavy atom. The molecule has 26 heavy (non-hydrogen) atoms. The van der Waals surface area contributed by atoms with Crippen molar-refractivity contribution in [2.45, 2.75) is 44.7 Å². The summed E-state index contributed by atoms with van der Waals surface area (Å²) in [5.41, 5.74) is 0.642. The molecule has 1 aromatic rings. The predicted molar refractivity (Wildman–Crippen MR) is 96.8 cm³/mol. The van der Waals surface area contributed by atoms with Gasteiger partial charge in [0.2, 0.25) is 5.88 Å². The van der Waals surface area contributed by atoms with E-state index in [1.165, 1.54) is 13.3 Å². The predicted octanol–water partition coefficient (Wildman–Crippen LogP) is 1.85. The van der Waals surface area contributed by atoms with Gasteiger partial charge in [-0.05, 0) is 39.0 Å². The SMILES string of the molecule is COc1cc(N2CCC(C)(NC(=O)O)C2)c(C(=O)N[C@@H](C)C2CC2)cn1. The third kappa shape index (κ3) is 4.00. The van der Waals surface area contributed by atoms with Crippen molar-refractivity contribution in [2.75, 3.05) is 25.1 Å². The summed E-state index contributed by atoms with van der Waals surface area (Å²) < 4.78 is 5.22. The lowest BCUT2D eigenvalue weighted by atomic mass is 10.0. The molecule has 0 bridgehead atoms. The molecular weight excluding hydrogens is 336 g/mol. The summed E-state index contributed by atoms with van der Waals surface area (Å²) in [5.74, 6) is 0.824. The van der Waals surface area contributed by atoms with Gasteiger partial charge in [0.1, 0.15) is 0 Å². The van der Waals surface area contributed by atoms with Gasteiger partial charge in [0.15, 0.2) is 0 Å². The molecule has 1 unspecified atom stereocenters. The van der Waals surface area contributed by atoms with Crippen molar-refractivity contribution < 1.29 is 19.4 Å². The van der Waals surface area contributed by atoms with Crippen LogP contribution in [0.3, 0.4) is 0 Å². The first-order chi connectivity index (χ1) is 12.3. The first kappa shape index (κ1) is 18.3. The zero-order valence-corrected chi connectivity index (χ0v) is 15.4. The van der Waals surface area contributed by atoms with Crippen LogP contribution in [0, 0.1) is 5.92 Å². The quantitative estimate of drug-likeness (QED) is 0.714. The molecule has 2 atom stereocenters. The van der Waals surface area contributed by atoms with E-state index in [-0.39, 0.29) is 11.9 Å². The number of nitrogens with one attached hydrogen (secondary N) is 2. The van der Waals surface area contributed by atoms with Crippen LogP contribution in [-0.2, 0) is 0 Å². The van der Waals surface area contributed by atoms with Crippen LogP contribution in [0.25, 0.3) is 0 Å². The molecule has 2 aliphatic rings. The number of carboxylic acid groups (broad SMARTS) is 1. The zero-order valence-electron chi connectivity index (χ0n) is 15.4. The fourth-order valence-electron chi connectivity index (χ4n) is 3.50. The van der Waals surface area contributed by atoms with E-state index in [4.69, 9.17) is 9.84 Å². The van der Waals surface area contributed by atoms with Crippen LogP contribution in [-0.4, -0.2) is 53.9 Å². The Hall–Kier alpha value is -2.51. The number of pyridine rings is 1. The molecule has 142 valence electrons. The van der Waals surface area contributed by atoms with Crippen molar-refractivity contribution in [3.8, 4) is 5.88 Å². The Bertz CT molecular complexity index is 706. The lowest BCUT2D eigenvalue weighted by Gasteiger charge is -2.27. The van der Waals surface area contributed by atoms with Crippen molar-refractivity contribution in [1.82, 2.24) is 15.6 Å². The monoisotopic (exact) mass is 362 g/mol. The normalized spacial score (nSPS) is 23.4. The average molecular weight is 362 g/mol. The number of amides is 2. The Labute approximate surface area is 152 Å². The minimum Gasteiger partial charge on any atom is -0.481 e. The molecule has 1 aromatic heterocycles. The van der Waals surface area contributed by atoms with Gasteiger partial charge in [-0.1, -0.05) is 0 Å². The van der Waals surface area contributed by atoms with E-state index in [0.717, 1.165) is 12.8 Å². The van der Waals surface area contributed by atoms with Gasteiger partial charge < -0.3 is 25.4 Å². The van der Waals surface area contributed by atoms with Gasteiger partial charge >= 0.3 is 6.09 Å². The van der Waals surface area contributed by atoms with E-state index < -0.39 is 11.6 Å². The number of nitrogens with zero attached hydrogens (tertiary/aromatic N) is 2. The molecule has 1 aliphatic carbocycles. The molecular formula is C18H26N4O4. The van der Waals surface area contributed by atoms with Crippen molar-refractivity contribution >= 4 is 17.7 Å². The van der Waals surface area contributed by atoms with Crippen LogP contribution in [0.2, 0.25) is 0 Å². The fourth-order valence-corrected chi connectivity index (χ4v) is 3.50. The highest BCUT2D eigenvalue weighted by molar-refractivity contribution is 6.00. The summed E-state index contributed by atoms with van der Waals surface area (Å²) in [5, 5.41) is 14.7. The molecule has 1 saturated heterocycles. The maximum Gasteiger partial charge on any atom is 0.405 e. The highest BCUT2D eigenvalue weighted by atomic mass is 16.5. The standard InChI is InChI=1S/C18H26N4O4/c1-11(12-4-5-12)20-16(23)13-9-19-15(26-3)8-14(13)22-7-6-18(2,10-22)21-17(24)25/h8-9,11-12,21H,4-7,10H2,1-3H3,(H,20,23)(H,24,25)/t11-,18?/m0/s1. The third-order valence-electron chi connectivity index (χ3n) is 5.22. The molecule has 2 amide bonds. The third-order valence-corrected chi connectivity index (χ3v) is 5.22. The summed E-state index contributed by atoms with van der Waals surface area (Å²) >= 11 is 0. The van der Waals surface area contributed by atoms with Crippen molar-refractivity contribution in [1.29, 1.82) is 0 Å². The number of carbonyl (C=O) groups is 2. The van der Waals surface area contributed by atoms with Gasteiger partial charge in [-0.3, -0.25) is 4.79 Å². The minimum absolute atomic E-state index is 0.134. The summed E-state index contributed by atoms with van der Waals surface area (Å²) in [4.78, 5) is 30.0. The maximum atomic E-state index is 12.8. The second-order valence-electron chi connectivity index (χ2n) is 7.51. The second-order valence-corrected chi connectivity index (χ2v) is 7.51. The van der Waals surface area contributed by atoms with E-state index >= 15 is 0 Å². The summed E-state index contributed by atoms with van der Waals surface area (Å²) in [6.07, 6.45) is 3.45. The zero-order chi connectivity index (χ0) is 18.9. The highest BCUT2D eigenvalue weighted by Gasteiger charge is 2.37. The first-order valence-corrected chi connectivity index (χ1v) is 8.92. The molecule has 8 heteroatoms. The second kappa shape index (κ2) is 7.01. The Balaban J connectivity index is 1.82. The van der Waals surface area contributed by atoms with E-state index in [9.17, 15) is 9.59 Å². The molecule has 0 radical (unpaired) electrons. The Morgan fingerprint density at radius 2 is 2.19 bits per heavy atom. The topological polar surface area (TPSA) is 104 Å². The van der Waals surface area contributed by atoms with Crippen LogP contribution in [0.1, 0.15) is 43.5 Å². The Morgan fingerprint density at radius 3 is 2.81 bits per heavy atom. The molecule has 8 nitrogen and oxygen atoms in total. The van der Waals surface area contributed by atoms with Gasteiger partial charge in [0.25, 0.3) is 5.91 Å². The average Bonchev–Trinajstić information content (AvgIpc) is 3.37. The number of hydrogen-bond acceptors (Lipinski definition) is 5. The summed E-state index contributed by atoms with van der Waals surface area (Å²) in [7, 11) is 1.53. The van der Waals surface area contributed by atoms with Gasteiger partial charge in [0, 0.05) is 31.4 Å². The fraction of sp³-hybridized carbons (Fsp3) is 0.611. The first-order valence-electron chi connectivity index (χ1n) is 8.92. The molecule has 3 rings (SSSR count). The number of ether oxygens (including phenoxy) is 1. The lowest BCUT2D eigenvalue weighted by Crippen LogP contribution is -2.47. The smallest absolute Gasteiger partial charge is 0.405 e. The number of rotatable bonds is 6. The van der Waals surface area contributed by atoms with Crippen molar-refractivity contribution in [2.24, 2.45) is 5.92 Å². The van der Waals surface area contributed by atoms with Crippen LogP contribution in [0.5, 0.6) is 5.88 Å². The van der Waals surface area contributed by atoms with Crippen LogP contribution >= 0.6 is 0 Å². The molecule has 2 heterocycles. The van der Waals surface area contributed by atoms with Gasteiger partial charge in [0.05, 0.1) is 23.9 Å². The molecule has 2 fully saturated rings. The lowest BCUT2D eigenvalue weighted by molar-refractivity contribution is 0.0935. The van der Waals surface area contributed by atoms with E-state index in [2.05, 4.69) is 15.6 Å². The van der Waals surface area contributed by atoms with E-state index in [1.54, 1.807) is 6.07 Å². The minimum atomic E-state index is -1.04. The molecule has 1 aliphatic heterocycles. The van der Waals surface area contributed by atoms with Gasteiger partial charge in [-0.25, -0.2) is 9.78 Å². The largest absolute Gasteiger partial charge is 0.481 e. The number of aromatic nitrogens is 1. The van der Waals surface area contributed by atoms with Crippen LogP contribution in [0.15, 0.2) is 12.3 Å². The van der Waals surface area contributed by atoms with E-state index in [0.29, 0.717) is 42.6 Å². The van der Waals surface area contributed by atoms with Crippen LogP contribution in [0.4, 0.5) is 10.5 Å².